The maximum atomic E-state index is 12.4. The average Bonchev–Trinajstić information content (AvgIpc) is 2.57. The number of cyclic esters (lactones) is 1. The van der Waals surface area contributed by atoms with E-state index in [1.807, 2.05) is 0 Å². The van der Waals surface area contributed by atoms with Crippen LogP contribution < -0.4 is 14.8 Å². The summed E-state index contributed by atoms with van der Waals surface area (Å²) in [6, 6.07) is 4.71. The number of carbonyl (C=O) groups is 2. The Morgan fingerprint density at radius 2 is 1.69 bits per heavy atom. The molecule has 0 saturated heterocycles. The number of carbonyl (C=O) groups excluding carboxylic acids is 2. The topological polar surface area (TPSA) is 92.3 Å². The lowest BCUT2D eigenvalue weighted by Crippen LogP contribution is -2.37. The third-order valence-corrected chi connectivity index (χ3v) is 3.87. The van der Waals surface area contributed by atoms with E-state index in [0.29, 0.717) is 22.8 Å². The summed E-state index contributed by atoms with van der Waals surface area (Å²) in [6.07, 6.45) is 0.878. The largest absolute Gasteiger partial charge is 0.497 e. The number of hydrogen-bond donors (Lipinski definition) is 1. The normalized spacial score (nSPS) is 16.7. The van der Waals surface area contributed by atoms with Gasteiger partial charge < -0.3 is 29.0 Å². The summed E-state index contributed by atoms with van der Waals surface area (Å²) in [5.74, 6) is -0.0872. The van der Waals surface area contributed by atoms with Gasteiger partial charge in [-0.15, -0.1) is 0 Å². The zero-order valence-corrected chi connectivity index (χ0v) is 18.0. The fourth-order valence-electron chi connectivity index (χ4n) is 2.80. The third kappa shape index (κ3) is 6.89. The fourth-order valence-corrected chi connectivity index (χ4v) is 2.80. The minimum Gasteiger partial charge on any atom is -0.497 e. The van der Waals surface area contributed by atoms with Crippen LogP contribution in [0.2, 0.25) is 0 Å². The molecule has 8 nitrogen and oxygen atoms in total. The Balaban J connectivity index is 2.36. The Bertz CT molecular complexity index is 770. The van der Waals surface area contributed by atoms with Crippen molar-refractivity contribution in [1.29, 1.82) is 0 Å². The minimum atomic E-state index is -1.09. The molecule has 0 spiro atoms. The smallest absolute Gasteiger partial charge is 0.408 e. The van der Waals surface area contributed by atoms with Gasteiger partial charge in [0.15, 0.2) is 0 Å². The molecule has 0 radical (unpaired) electrons. The Kier molecular flexibility index (Phi) is 6.66. The molecule has 0 saturated carbocycles. The second kappa shape index (κ2) is 8.63. The monoisotopic (exact) mass is 407 g/mol. The molecule has 160 valence electrons. The highest BCUT2D eigenvalue weighted by atomic mass is 16.7. The average molecular weight is 407 g/mol. The van der Waals surface area contributed by atoms with E-state index in [4.69, 9.17) is 23.7 Å². The van der Waals surface area contributed by atoms with Crippen LogP contribution in [0.5, 0.6) is 11.5 Å². The molecule has 1 aliphatic heterocycles. The summed E-state index contributed by atoms with van der Waals surface area (Å²) in [4.78, 5) is 24.3. The van der Waals surface area contributed by atoms with Crippen LogP contribution in [0, 0.1) is 0 Å². The molecule has 1 atom stereocenters. The third-order valence-electron chi connectivity index (χ3n) is 3.87. The number of esters is 1. The van der Waals surface area contributed by atoms with E-state index in [-0.39, 0.29) is 6.42 Å². The number of benzene rings is 1. The Hall–Kier alpha value is -2.90. The van der Waals surface area contributed by atoms with Gasteiger partial charge in [0.2, 0.25) is 5.79 Å². The van der Waals surface area contributed by atoms with Crippen LogP contribution in [0.3, 0.4) is 0 Å². The molecular weight excluding hydrogens is 378 g/mol. The molecule has 0 unspecified atom stereocenters. The first-order chi connectivity index (χ1) is 13.4. The molecule has 1 amide bonds. The molecule has 8 heteroatoms. The van der Waals surface area contributed by atoms with Crippen LogP contribution in [0.25, 0.3) is 0 Å². The van der Waals surface area contributed by atoms with Gasteiger partial charge in [0.1, 0.15) is 22.9 Å². The molecule has 0 aliphatic carbocycles. The van der Waals surface area contributed by atoms with Crippen LogP contribution >= 0.6 is 0 Å². The highest BCUT2D eigenvalue weighted by Crippen LogP contribution is 2.33. The molecule has 29 heavy (non-hydrogen) atoms. The lowest BCUT2D eigenvalue weighted by atomic mass is 10.0. The van der Waals surface area contributed by atoms with Crippen molar-refractivity contribution in [3.05, 3.63) is 35.6 Å². The van der Waals surface area contributed by atoms with Gasteiger partial charge in [-0.3, -0.25) is 0 Å². The second-order valence-electron chi connectivity index (χ2n) is 8.08. The van der Waals surface area contributed by atoms with Crippen LogP contribution in [0.15, 0.2) is 30.0 Å². The van der Waals surface area contributed by atoms with Crippen molar-refractivity contribution in [1.82, 2.24) is 5.32 Å². The van der Waals surface area contributed by atoms with Gasteiger partial charge in [0.25, 0.3) is 0 Å². The maximum absolute atomic E-state index is 12.4. The maximum Gasteiger partial charge on any atom is 0.408 e. The molecule has 1 aromatic carbocycles. The first kappa shape index (κ1) is 22.4. The Labute approximate surface area is 171 Å². The van der Waals surface area contributed by atoms with Gasteiger partial charge in [-0.1, -0.05) is 0 Å². The number of rotatable bonds is 6. The number of methoxy groups -OCH3 is 2. The van der Waals surface area contributed by atoms with E-state index in [0.717, 1.165) is 0 Å². The van der Waals surface area contributed by atoms with Gasteiger partial charge >= 0.3 is 12.1 Å². The van der Waals surface area contributed by atoms with Gasteiger partial charge in [-0.05, 0) is 38.5 Å². The number of alkyl carbamates (subject to hydrolysis) is 1. The second-order valence-corrected chi connectivity index (χ2v) is 8.08. The summed E-state index contributed by atoms with van der Waals surface area (Å²) in [5, 5.41) is 2.84. The summed E-state index contributed by atoms with van der Waals surface area (Å²) >= 11 is 0. The molecule has 1 heterocycles. The minimum absolute atomic E-state index is 0.202. The Morgan fingerprint density at radius 3 is 2.17 bits per heavy atom. The highest BCUT2D eigenvalue weighted by Gasteiger charge is 2.32. The predicted molar refractivity (Wildman–Crippen MR) is 106 cm³/mol. The zero-order valence-electron chi connectivity index (χ0n) is 18.0. The summed E-state index contributed by atoms with van der Waals surface area (Å²) < 4.78 is 26.9. The summed E-state index contributed by atoms with van der Waals surface area (Å²) in [7, 11) is 3.08. The van der Waals surface area contributed by atoms with Crippen molar-refractivity contribution in [2.75, 3.05) is 14.2 Å². The molecular formula is C21H29NO7. The first-order valence-electron chi connectivity index (χ1n) is 9.26. The standard InChI is InChI=1S/C21H29NO7/c1-20(2,3)29-19(24)22-17(11-16-12-18(23)28-21(4,5)27-16)13-8-14(25-6)10-15(9-13)26-7/h8-10,12,17H,11H2,1-7H3,(H,22,24)/t17-/m1/s1. The number of hydrogen-bond acceptors (Lipinski definition) is 7. The fraction of sp³-hybridized carbons (Fsp3) is 0.524. The molecule has 1 aliphatic rings. The van der Waals surface area contributed by atoms with Crippen molar-refractivity contribution >= 4 is 12.1 Å². The van der Waals surface area contributed by atoms with Crippen molar-refractivity contribution in [2.45, 2.75) is 58.5 Å². The highest BCUT2D eigenvalue weighted by molar-refractivity contribution is 5.83. The van der Waals surface area contributed by atoms with E-state index in [2.05, 4.69) is 5.32 Å². The number of nitrogens with one attached hydrogen (secondary N) is 1. The lowest BCUT2D eigenvalue weighted by Gasteiger charge is -2.32. The van der Waals surface area contributed by atoms with Crippen LogP contribution in [-0.4, -0.2) is 37.7 Å². The molecule has 2 rings (SSSR count). The quantitative estimate of drug-likeness (QED) is 0.716. The zero-order chi connectivity index (χ0) is 21.8. The van der Waals surface area contributed by atoms with Gasteiger partial charge in [0, 0.05) is 26.3 Å². The van der Waals surface area contributed by atoms with E-state index in [9.17, 15) is 9.59 Å². The van der Waals surface area contributed by atoms with Crippen LogP contribution in [-0.2, 0) is 19.0 Å². The lowest BCUT2D eigenvalue weighted by molar-refractivity contribution is -0.206. The molecule has 0 aromatic heterocycles. The molecule has 1 N–H and O–H groups in total. The van der Waals surface area contributed by atoms with Crippen molar-refractivity contribution in [3.8, 4) is 11.5 Å². The van der Waals surface area contributed by atoms with E-state index >= 15 is 0 Å². The predicted octanol–water partition coefficient (Wildman–Crippen LogP) is 3.85. The molecule has 0 fully saturated rings. The van der Waals surface area contributed by atoms with Gasteiger partial charge in [0.05, 0.1) is 26.3 Å². The Morgan fingerprint density at radius 1 is 1.10 bits per heavy atom. The first-order valence-corrected chi connectivity index (χ1v) is 9.26. The van der Waals surface area contributed by atoms with Gasteiger partial charge in [-0.2, -0.15) is 0 Å². The number of ether oxygens (including phenoxy) is 5. The number of amides is 1. The summed E-state index contributed by atoms with van der Waals surface area (Å²) in [5.41, 5.74) is 0.0425. The van der Waals surface area contributed by atoms with Crippen LogP contribution in [0.4, 0.5) is 4.79 Å². The van der Waals surface area contributed by atoms with Crippen molar-refractivity contribution < 1.29 is 33.3 Å². The molecule has 0 bridgehead atoms. The van der Waals surface area contributed by atoms with Crippen LogP contribution in [0.1, 0.15) is 52.6 Å². The summed E-state index contributed by atoms with van der Waals surface area (Å²) in [6.45, 7) is 8.62. The van der Waals surface area contributed by atoms with Crippen molar-refractivity contribution in [2.24, 2.45) is 0 Å². The van der Waals surface area contributed by atoms with E-state index < -0.39 is 29.5 Å². The van der Waals surface area contributed by atoms with Crippen molar-refractivity contribution in [3.63, 3.8) is 0 Å². The van der Waals surface area contributed by atoms with E-state index in [1.54, 1.807) is 67.0 Å². The SMILES string of the molecule is COc1cc(OC)cc([C@@H](CC2=CC(=O)OC(C)(C)O2)NC(=O)OC(C)(C)C)c1. The van der Waals surface area contributed by atoms with Gasteiger partial charge in [-0.25, -0.2) is 9.59 Å². The molecule has 1 aromatic rings. The van der Waals surface area contributed by atoms with E-state index in [1.165, 1.54) is 6.08 Å².